The van der Waals surface area contributed by atoms with Crippen molar-refractivity contribution in [2.75, 3.05) is 25.6 Å². The van der Waals surface area contributed by atoms with Crippen LogP contribution in [0.25, 0.3) is 0 Å². The largest absolute Gasteiger partial charge is 0.497 e. The van der Waals surface area contributed by atoms with Crippen LogP contribution < -0.4 is 15.5 Å². The van der Waals surface area contributed by atoms with Gasteiger partial charge in [0.15, 0.2) is 0 Å². The number of hydrogen-bond acceptors (Lipinski definition) is 7. The van der Waals surface area contributed by atoms with Crippen LogP contribution in [0.5, 0.6) is 5.75 Å². The fraction of sp³-hybridized carbons (Fsp3) is 0.250. The zero-order chi connectivity index (χ0) is 25.4. The van der Waals surface area contributed by atoms with Crippen LogP contribution in [0.1, 0.15) is 42.3 Å². The van der Waals surface area contributed by atoms with E-state index in [0.29, 0.717) is 12.4 Å². The number of oxazole rings is 1. The molecule has 1 N–H and O–H groups in total. The minimum Gasteiger partial charge on any atom is -0.497 e. The Balaban J connectivity index is 1.80. The van der Waals surface area contributed by atoms with Gasteiger partial charge in [-0.25, -0.2) is 4.98 Å². The molecule has 36 heavy (non-hydrogen) atoms. The third kappa shape index (κ3) is 5.88. The van der Waals surface area contributed by atoms with Crippen molar-refractivity contribution in [3.8, 4) is 5.75 Å². The third-order valence-corrected chi connectivity index (χ3v) is 7.60. The van der Waals surface area contributed by atoms with Crippen molar-refractivity contribution in [2.45, 2.75) is 26.3 Å². The Labute approximate surface area is 212 Å². The normalized spacial score (nSPS) is 11.6. The summed E-state index contributed by atoms with van der Waals surface area (Å²) in [5.74, 6) is 1.09. The molecule has 0 aliphatic rings. The molecule has 0 saturated heterocycles. The first-order valence-corrected chi connectivity index (χ1v) is 13.5. The van der Waals surface area contributed by atoms with Crippen molar-refractivity contribution < 1.29 is 22.8 Å². The highest BCUT2D eigenvalue weighted by Crippen LogP contribution is 2.49. The molecule has 0 unspecified atom stereocenters. The smallest absolute Gasteiger partial charge is 0.385 e. The van der Waals surface area contributed by atoms with Crippen LogP contribution in [-0.4, -0.2) is 25.3 Å². The molecule has 4 rings (SSSR count). The van der Waals surface area contributed by atoms with Crippen LogP contribution >= 0.6 is 7.60 Å². The molecule has 0 aliphatic heterocycles. The average Bonchev–Trinajstić information content (AvgIpc) is 3.34. The van der Waals surface area contributed by atoms with E-state index in [2.05, 4.69) is 5.32 Å². The molecular weight excluding hydrogens is 475 g/mol. The molecule has 3 aromatic carbocycles. The van der Waals surface area contributed by atoms with Crippen LogP contribution in [0.2, 0.25) is 0 Å². The highest BCUT2D eigenvalue weighted by molar-refractivity contribution is 7.62. The summed E-state index contributed by atoms with van der Waals surface area (Å²) < 4.78 is 36.8. The molecule has 7 nitrogen and oxygen atoms in total. The molecule has 0 atom stereocenters. The molecule has 0 aliphatic carbocycles. The Bertz CT molecular complexity index is 1240. The van der Waals surface area contributed by atoms with Gasteiger partial charge in [0.1, 0.15) is 5.75 Å². The van der Waals surface area contributed by atoms with E-state index in [4.69, 9.17) is 23.2 Å². The molecule has 1 heterocycles. The first kappa shape index (κ1) is 25.7. The fourth-order valence-electron chi connectivity index (χ4n) is 3.99. The van der Waals surface area contributed by atoms with Crippen molar-refractivity contribution in [1.82, 2.24) is 4.98 Å². The van der Waals surface area contributed by atoms with Gasteiger partial charge in [-0.15, -0.1) is 0 Å². The number of benzene rings is 3. The monoisotopic (exact) mass is 506 g/mol. The van der Waals surface area contributed by atoms with Gasteiger partial charge in [-0.05, 0) is 42.7 Å². The second-order valence-electron chi connectivity index (χ2n) is 8.00. The lowest BCUT2D eigenvalue weighted by Gasteiger charge is -2.16. The zero-order valence-electron chi connectivity index (χ0n) is 20.7. The van der Waals surface area contributed by atoms with Crippen molar-refractivity contribution in [1.29, 1.82) is 0 Å². The maximum atomic E-state index is 13.8. The Morgan fingerprint density at radius 1 is 0.889 bits per heavy atom. The number of anilines is 1. The lowest BCUT2D eigenvalue weighted by atomic mass is 9.91. The molecule has 1 aromatic heterocycles. The summed E-state index contributed by atoms with van der Waals surface area (Å²) in [6.45, 7) is 4.35. The number of methoxy groups -OCH3 is 1. The molecule has 0 amide bonds. The number of nitrogens with one attached hydrogen (secondary N) is 1. The van der Waals surface area contributed by atoms with E-state index in [1.54, 1.807) is 21.0 Å². The summed E-state index contributed by atoms with van der Waals surface area (Å²) in [5, 5.41) is 3.26. The molecule has 188 valence electrons. The van der Waals surface area contributed by atoms with E-state index in [1.807, 2.05) is 84.9 Å². The number of rotatable bonds is 12. The van der Waals surface area contributed by atoms with Gasteiger partial charge in [-0.2, -0.15) is 0 Å². The van der Waals surface area contributed by atoms with Gasteiger partial charge in [-0.1, -0.05) is 72.8 Å². The van der Waals surface area contributed by atoms with E-state index in [9.17, 15) is 4.57 Å². The van der Waals surface area contributed by atoms with Gasteiger partial charge in [0.25, 0.3) is 0 Å². The summed E-state index contributed by atoms with van der Waals surface area (Å²) in [7, 11) is -2.11. The van der Waals surface area contributed by atoms with Gasteiger partial charge in [0.2, 0.25) is 17.2 Å². The maximum Gasteiger partial charge on any atom is 0.385 e. The molecule has 4 aromatic rings. The second kappa shape index (κ2) is 12.0. The molecule has 0 bridgehead atoms. The van der Waals surface area contributed by atoms with E-state index in [0.717, 1.165) is 22.4 Å². The molecule has 8 heteroatoms. The minimum absolute atomic E-state index is 0.140. The van der Waals surface area contributed by atoms with E-state index >= 15 is 0 Å². The summed E-state index contributed by atoms with van der Waals surface area (Å²) >= 11 is 0. The fourth-order valence-corrected chi connectivity index (χ4v) is 5.58. The van der Waals surface area contributed by atoms with Gasteiger partial charge >= 0.3 is 7.60 Å². The minimum atomic E-state index is -3.74. The first-order valence-electron chi connectivity index (χ1n) is 11.9. The second-order valence-corrected chi connectivity index (χ2v) is 9.93. The predicted molar refractivity (Wildman–Crippen MR) is 141 cm³/mol. The van der Waals surface area contributed by atoms with E-state index in [1.165, 1.54) is 0 Å². The van der Waals surface area contributed by atoms with E-state index in [-0.39, 0.29) is 30.5 Å². The summed E-state index contributed by atoms with van der Waals surface area (Å²) in [4.78, 5) is 4.75. The van der Waals surface area contributed by atoms with Crippen LogP contribution in [0.3, 0.4) is 0 Å². The van der Waals surface area contributed by atoms with Gasteiger partial charge in [0, 0.05) is 6.54 Å². The van der Waals surface area contributed by atoms with Crippen molar-refractivity contribution in [2.24, 2.45) is 0 Å². The lowest BCUT2D eigenvalue weighted by molar-refractivity contribution is 0.229. The molecular formula is C28H31N2O5P. The number of hydrogen-bond donors (Lipinski definition) is 1. The average molecular weight is 507 g/mol. The molecule has 0 radical (unpaired) electrons. The van der Waals surface area contributed by atoms with Crippen LogP contribution in [0.15, 0.2) is 89.3 Å². The van der Waals surface area contributed by atoms with Gasteiger partial charge < -0.3 is 23.5 Å². The highest BCUT2D eigenvalue weighted by atomic mass is 31.2. The predicted octanol–water partition coefficient (Wildman–Crippen LogP) is 6.37. The Kier molecular flexibility index (Phi) is 8.60. The maximum absolute atomic E-state index is 13.8. The summed E-state index contributed by atoms with van der Waals surface area (Å²) in [5.41, 5.74) is 3.10. The lowest BCUT2D eigenvalue weighted by Crippen LogP contribution is -2.17. The Morgan fingerprint density at radius 2 is 1.50 bits per heavy atom. The van der Waals surface area contributed by atoms with Crippen LogP contribution in [0, 0.1) is 0 Å². The highest BCUT2D eigenvalue weighted by Gasteiger charge is 2.37. The van der Waals surface area contributed by atoms with E-state index < -0.39 is 7.60 Å². The summed E-state index contributed by atoms with van der Waals surface area (Å²) in [6, 6.07) is 27.6. The number of ether oxygens (including phenoxy) is 1. The quantitative estimate of drug-likeness (QED) is 0.224. The standard InChI is InChI=1S/C28H31N2O5P/c1-4-33-36(31,34-5-2)28-27(29-20-21-13-12-18-24(19-21)32-3)35-26(30-28)25(22-14-8-6-9-15-22)23-16-10-7-11-17-23/h6-19,25,29H,4-5,20H2,1-3H3. The molecule has 0 saturated carbocycles. The van der Waals surface area contributed by atoms with Crippen molar-refractivity contribution >= 4 is 18.9 Å². The third-order valence-electron chi connectivity index (χ3n) is 5.58. The number of nitrogens with zero attached hydrogens (tertiary/aromatic N) is 1. The topological polar surface area (TPSA) is 82.8 Å². The van der Waals surface area contributed by atoms with Crippen LogP contribution in [-0.2, 0) is 20.2 Å². The van der Waals surface area contributed by atoms with Crippen molar-refractivity contribution in [3.63, 3.8) is 0 Å². The van der Waals surface area contributed by atoms with Gasteiger partial charge in [0.05, 0.1) is 26.2 Å². The zero-order valence-corrected chi connectivity index (χ0v) is 21.6. The Morgan fingerprint density at radius 3 is 2.06 bits per heavy atom. The first-order chi connectivity index (χ1) is 17.6. The van der Waals surface area contributed by atoms with Crippen LogP contribution in [0.4, 0.5) is 5.88 Å². The number of aromatic nitrogens is 1. The SMILES string of the molecule is CCOP(=O)(OCC)c1nc(C(c2ccccc2)c2ccccc2)oc1NCc1cccc(OC)c1. The molecule has 0 spiro atoms. The van der Waals surface area contributed by atoms with Crippen molar-refractivity contribution in [3.05, 3.63) is 108 Å². The summed E-state index contributed by atoms with van der Waals surface area (Å²) in [6.07, 6.45) is 0. The Hall–Kier alpha value is -3.38. The molecule has 0 fully saturated rings. The van der Waals surface area contributed by atoms with Gasteiger partial charge in [-0.3, -0.25) is 4.57 Å².